The van der Waals surface area contributed by atoms with Gasteiger partial charge in [0.05, 0.1) is 11.8 Å². The van der Waals surface area contributed by atoms with Crippen molar-refractivity contribution in [3.63, 3.8) is 0 Å². The minimum Gasteiger partial charge on any atom is -0.314 e. The quantitative estimate of drug-likeness (QED) is 0.804. The van der Waals surface area contributed by atoms with E-state index in [0.29, 0.717) is 6.04 Å². The van der Waals surface area contributed by atoms with Gasteiger partial charge in [-0.25, -0.2) is 0 Å². The molecule has 3 aliphatic rings. The molecule has 0 radical (unpaired) electrons. The van der Waals surface area contributed by atoms with Gasteiger partial charge in [-0.05, 0) is 45.1 Å². The third-order valence-corrected chi connectivity index (χ3v) is 5.43. The molecule has 1 N–H and O–H groups in total. The Hall–Kier alpha value is -0.900. The summed E-state index contributed by atoms with van der Waals surface area (Å²) in [4.78, 5) is 26.8. The average molecular weight is 278 g/mol. The summed E-state index contributed by atoms with van der Waals surface area (Å²) in [5.74, 6) is 0.323. The Morgan fingerprint density at radius 2 is 1.50 bits per heavy atom. The maximum absolute atomic E-state index is 12.5. The summed E-state index contributed by atoms with van der Waals surface area (Å²) >= 11 is 0. The summed E-state index contributed by atoms with van der Waals surface area (Å²) < 4.78 is 0. The molecule has 0 aromatic carbocycles. The van der Waals surface area contributed by atoms with Gasteiger partial charge in [-0.1, -0.05) is 19.8 Å². The zero-order valence-electron chi connectivity index (χ0n) is 12.4. The Morgan fingerprint density at radius 3 is 2.00 bits per heavy atom. The second-order valence-electron chi connectivity index (χ2n) is 6.61. The number of rotatable bonds is 3. The second kappa shape index (κ2) is 5.84. The van der Waals surface area contributed by atoms with Crippen LogP contribution in [0.3, 0.4) is 0 Å². The van der Waals surface area contributed by atoms with Gasteiger partial charge in [0, 0.05) is 12.1 Å². The molecule has 1 saturated heterocycles. The van der Waals surface area contributed by atoms with Gasteiger partial charge in [0.15, 0.2) is 0 Å². The van der Waals surface area contributed by atoms with Crippen LogP contribution in [-0.2, 0) is 9.59 Å². The van der Waals surface area contributed by atoms with Crippen molar-refractivity contribution in [3.05, 3.63) is 0 Å². The molecule has 2 aliphatic carbocycles. The van der Waals surface area contributed by atoms with E-state index in [-0.39, 0.29) is 29.7 Å². The molecule has 20 heavy (non-hydrogen) atoms. The highest BCUT2D eigenvalue weighted by Crippen LogP contribution is 2.40. The van der Waals surface area contributed by atoms with Crippen LogP contribution in [-0.4, -0.2) is 35.3 Å². The van der Waals surface area contributed by atoms with Crippen molar-refractivity contribution >= 4 is 11.8 Å². The summed E-state index contributed by atoms with van der Waals surface area (Å²) in [6.07, 6.45) is 8.22. The molecule has 4 heteroatoms. The number of imide groups is 1. The van der Waals surface area contributed by atoms with E-state index in [2.05, 4.69) is 12.2 Å². The van der Waals surface area contributed by atoms with Gasteiger partial charge < -0.3 is 5.32 Å². The number of carbonyl (C=O) groups is 2. The van der Waals surface area contributed by atoms with E-state index < -0.39 is 0 Å². The molecule has 3 fully saturated rings. The fourth-order valence-electron chi connectivity index (χ4n) is 4.37. The van der Waals surface area contributed by atoms with Crippen LogP contribution in [0.1, 0.15) is 58.3 Å². The van der Waals surface area contributed by atoms with Gasteiger partial charge in [0.1, 0.15) is 0 Å². The van der Waals surface area contributed by atoms with Gasteiger partial charge in [0.25, 0.3) is 0 Å². The van der Waals surface area contributed by atoms with E-state index in [1.54, 1.807) is 4.90 Å². The molecule has 2 amide bonds. The SMILES string of the molecule is CCNC1CCC(N2C(=O)C3CCCCC3C2=O)CC1. The zero-order valence-corrected chi connectivity index (χ0v) is 12.4. The van der Waals surface area contributed by atoms with Crippen molar-refractivity contribution in [2.45, 2.75) is 70.4 Å². The van der Waals surface area contributed by atoms with Crippen LogP contribution < -0.4 is 5.32 Å². The van der Waals surface area contributed by atoms with Crippen molar-refractivity contribution in [1.29, 1.82) is 0 Å². The van der Waals surface area contributed by atoms with Gasteiger partial charge in [-0.15, -0.1) is 0 Å². The summed E-state index contributed by atoms with van der Waals surface area (Å²) in [5, 5.41) is 3.48. The molecule has 112 valence electrons. The normalized spacial score (nSPS) is 38.1. The van der Waals surface area contributed by atoms with E-state index in [1.807, 2.05) is 0 Å². The summed E-state index contributed by atoms with van der Waals surface area (Å²) in [6, 6.07) is 0.752. The molecule has 0 bridgehead atoms. The fraction of sp³-hybridized carbons (Fsp3) is 0.875. The predicted molar refractivity (Wildman–Crippen MR) is 77.0 cm³/mol. The Kier molecular flexibility index (Phi) is 4.11. The molecule has 4 nitrogen and oxygen atoms in total. The van der Waals surface area contributed by atoms with E-state index in [1.165, 1.54) is 0 Å². The Bertz CT molecular complexity index is 364. The number of amides is 2. The average Bonchev–Trinajstić information content (AvgIpc) is 2.73. The second-order valence-corrected chi connectivity index (χ2v) is 6.61. The first-order valence-corrected chi connectivity index (χ1v) is 8.32. The van der Waals surface area contributed by atoms with Gasteiger partial charge in [-0.2, -0.15) is 0 Å². The Balaban J connectivity index is 1.65. The number of nitrogens with zero attached hydrogens (tertiary/aromatic N) is 1. The third kappa shape index (κ3) is 2.39. The lowest BCUT2D eigenvalue weighted by molar-refractivity contribution is -0.143. The highest BCUT2D eigenvalue weighted by molar-refractivity contribution is 6.05. The van der Waals surface area contributed by atoms with Crippen molar-refractivity contribution in [2.24, 2.45) is 11.8 Å². The standard InChI is InChI=1S/C16H26N2O2/c1-2-17-11-7-9-12(10-8-11)18-15(19)13-5-3-4-6-14(13)16(18)20/h11-14,17H,2-10H2,1H3. The van der Waals surface area contributed by atoms with Crippen molar-refractivity contribution in [3.8, 4) is 0 Å². The van der Waals surface area contributed by atoms with E-state index >= 15 is 0 Å². The van der Waals surface area contributed by atoms with Crippen LogP contribution >= 0.6 is 0 Å². The van der Waals surface area contributed by atoms with E-state index in [0.717, 1.165) is 57.9 Å². The fourth-order valence-corrected chi connectivity index (χ4v) is 4.37. The highest BCUT2D eigenvalue weighted by atomic mass is 16.2. The van der Waals surface area contributed by atoms with E-state index in [9.17, 15) is 9.59 Å². The molecule has 1 aliphatic heterocycles. The van der Waals surface area contributed by atoms with Gasteiger partial charge >= 0.3 is 0 Å². The van der Waals surface area contributed by atoms with E-state index in [4.69, 9.17) is 0 Å². The zero-order chi connectivity index (χ0) is 14.1. The maximum atomic E-state index is 12.5. The smallest absolute Gasteiger partial charge is 0.233 e. The van der Waals surface area contributed by atoms with Crippen LogP contribution in [0.4, 0.5) is 0 Å². The van der Waals surface area contributed by atoms with Crippen LogP contribution in [0.25, 0.3) is 0 Å². The maximum Gasteiger partial charge on any atom is 0.233 e. The topological polar surface area (TPSA) is 49.4 Å². The predicted octanol–water partition coefficient (Wildman–Crippen LogP) is 2.08. The van der Waals surface area contributed by atoms with Crippen LogP contribution in [0.2, 0.25) is 0 Å². The number of carbonyl (C=O) groups excluding carboxylic acids is 2. The number of fused-ring (bicyclic) bond motifs is 1. The van der Waals surface area contributed by atoms with Crippen LogP contribution in [0, 0.1) is 11.8 Å². The molecule has 1 heterocycles. The first kappa shape index (κ1) is 14.1. The molecular formula is C16H26N2O2. The van der Waals surface area contributed by atoms with Gasteiger partial charge in [0.2, 0.25) is 11.8 Å². The molecule has 2 saturated carbocycles. The van der Waals surface area contributed by atoms with Crippen molar-refractivity contribution < 1.29 is 9.59 Å². The summed E-state index contributed by atoms with van der Waals surface area (Å²) in [7, 11) is 0. The van der Waals surface area contributed by atoms with Crippen LogP contribution in [0.15, 0.2) is 0 Å². The molecule has 0 spiro atoms. The van der Waals surface area contributed by atoms with Crippen molar-refractivity contribution in [1.82, 2.24) is 10.2 Å². The lowest BCUT2D eigenvalue weighted by Crippen LogP contribution is -2.45. The number of hydrogen-bond acceptors (Lipinski definition) is 3. The summed E-state index contributed by atoms with van der Waals surface area (Å²) in [6.45, 7) is 3.13. The minimum absolute atomic E-state index is 0.0164. The number of likely N-dealkylation sites (tertiary alicyclic amines) is 1. The summed E-state index contributed by atoms with van der Waals surface area (Å²) in [5.41, 5.74) is 0. The molecule has 2 atom stereocenters. The Labute approximate surface area is 121 Å². The monoisotopic (exact) mass is 278 g/mol. The lowest BCUT2D eigenvalue weighted by atomic mass is 9.81. The molecular weight excluding hydrogens is 252 g/mol. The molecule has 2 unspecified atom stereocenters. The van der Waals surface area contributed by atoms with Crippen LogP contribution in [0.5, 0.6) is 0 Å². The largest absolute Gasteiger partial charge is 0.314 e. The van der Waals surface area contributed by atoms with Crippen molar-refractivity contribution in [2.75, 3.05) is 6.54 Å². The first-order valence-electron chi connectivity index (χ1n) is 8.32. The minimum atomic E-state index is 0.0164. The Morgan fingerprint density at radius 1 is 0.950 bits per heavy atom. The first-order chi connectivity index (χ1) is 9.72. The molecule has 3 rings (SSSR count). The van der Waals surface area contributed by atoms with Gasteiger partial charge in [-0.3, -0.25) is 14.5 Å². The number of hydrogen-bond donors (Lipinski definition) is 1. The highest BCUT2D eigenvalue weighted by Gasteiger charge is 2.50. The lowest BCUT2D eigenvalue weighted by Gasteiger charge is -2.34. The molecule has 0 aromatic heterocycles. The third-order valence-electron chi connectivity index (χ3n) is 5.43. The molecule has 0 aromatic rings. The number of nitrogens with one attached hydrogen (secondary N) is 1.